The molecule has 0 saturated heterocycles. The molecule has 0 bridgehead atoms. The largest absolute Gasteiger partial charge is 0.496 e. The zero-order valence-corrected chi connectivity index (χ0v) is 22.6. The molecule has 10 heteroatoms. The minimum Gasteiger partial charge on any atom is -0.496 e. The van der Waals surface area contributed by atoms with Crippen LogP contribution in [-0.4, -0.2) is 36.2 Å². The molecule has 1 aromatic heterocycles. The first-order valence-corrected chi connectivity index (χ1v) is 12.8. The topological polar surface area (TPSA) is 97.8 Å². The molecule has 202 valence electrons. The zero-order chi connectivity index (χ0) is 28.0. The number of halogens is 2. The number of anilines is 1. The Morgan fingerprint density at radius 1 is 1.16 bits per heavy atom. The van der Waals surface area contributed by atoms with Crippen LogP contribution in [0.15, 0.2) is 41.3 Å². The van der Waals surface area contributed by atoms with E-state index in [0.717, 1.165) is 53.5 Å². The number of para-hydroxylation sites is 1. The van der Waals surface area contributed by atoms with Crippen molar-refractivity contribution in [1.82, 2.24) is 4.98 Å². The van der Waals surface area contributed by atoms with Gasteiger partial charge in [-0.3, -0.25) is 10.1 Å². The highest BCUT2D eigenvalue weighted by Gasteiger charge is 2.21. The lowest BCUT2D eigenvalue weighted by Crippen LogP contribution is -2.13. The van der Waals surface area contributed by atoms with E-state index in [9.17, 15) is 18.4 Å². The highest BCUT2D eigenvalue weighted by Crippen LogP contribution is 2.39. The van der Waals surface area contributed by atoms with E-state index in [1.54, 1.807) is 19.6 Å². The molecule has 38 heavy (non-hydrogen) atoms. The molecule has 2 N–H and O–H groups in total. The van der Waals surface area contributed by atoms with Gasteiger partial charge in [0.15, 0.2) is 5.13 Å². The number of rotatable bonds is 11. The van der Waals surface area contributed by atoms with Crippen molar-refractivity contribution in [2.45, 2.75) is 39.7 Å². The highest BCUT2D eigenvalue weighted by atomic mass is 32.1. The van der Waals surface area contributed by atoms with Gasteiger partial charge in [-0.2, -0.15) is 0 Å². The SMILES string of the molecule is COc1c(-c2csc(NC(=O)c3cc(F)c(/C=C(\C)C(=O)O)c(F)c3)n2)cccc1C(CCC(C)C)OC. The molecule has 0 aliphatic rings. The summed E-state index contributed by atoms with van der Waals surface area (Å²) in [6.45, 7) is 5.52. The number of amides is 1. The summed E-state index contributed by atoms with van der Waals surface area (Å²) in [5, 5.41) is 13.5. The van der Waals surface area contributed by atoms with Crippen LogP contribution in [0.5, 0.6) is 5.75 Å². The van der Waals surface area contributed by atoms with Gasteiger partial charge in [0.1, 0.15) is 17.4 Å². The number of hydrogen-bond acceptors (Lipinski definition) is 6. The summed E-state index contributed by atoms with van der Waals surface area (Å²) >= 11 is 1.15. The van der Waals surface area contributed by atoms with Gasteiger partial charge in [0, 0.05) is 40.3 Å². The van der Waals surface area contributed by atoms with Crippen molar-refractivity contribution < 1.29 is 33.0 Å². The number of aliphatic carboxylic acids is 1. The van der Waals surface area contributed by atoms with Crippen LogP contribution < -0.4 is 10.1 Å². The monoisotopic (exact) mass is 544 g/mol. The fourth-order valence-corrected chi connectivity index (χ4v) is 4.58. The highest BCUT2D eigenvalue weighted by molar-refractivity contribution is 7.14. The number of carboxylic acid groups (broad SMARTS) is 1. The van der Waals surface area contributed by atoms with Gasteiger partial charge < -0.3 is 14.6 Å². The Labute approximate surface area is 224 Å². The van der Waals surface area contributed by atoms with Gasteiger partial charge in [-0.15, -0.1) is 11.3 Å². The summed E-state index contributed by atoms with van der Waals surface area (Å²) in [5.41, 5.74) is 1.12. The number of hydrogen-bond donors (Lipinski definition) is 2. The van der Waals surface area contributed by atoms with E-state index < -0.39 is 29.1 Å². The van der Waals surface area contributed by atoms with Gasteiger partial charge in [0.25, 0.3) is 5.91 Å². The molecular formula is C28H30F2N2O5S. The van der Waals surface area contributed by atoms with Gasteiger partial charge in [0.2, 0.25) is 0 Å². The third-order valence-electron chi connectivity index (χ3n) is 5.93. The first kappa shape index (κ1) is 28.9. The normalized spacial score (nSPS) is 12.5. The van der Waals surface area contributed by atoms with Crippen LogP contribution in [-0.2, 0) is 9.53 Å². The molecule has 3 rings (SSSR count). The summed E-state index contributed by atoms with van der Waals surface area (Å²) in [7, 11) is 3.24. The quantitative estimate of drug-likeness (QED) is 0.253. The molecule has 0 spiro atoms. The average molecular weight is 545 g/mol. The van der Waals surface area contributed by atoms with Crippen LogP contribution in [0, 0.1) is 17.6 Å². The average Bonchev–Trinajstić information content (AvgIpc) is 3.34. The van der Waals surface area contributed by atoms with Crippen LogP contribution in [0.3, 0.4) is 0 Å². The molecule has 0 fully saturated rings. The van der Waals surface area contributed by atoms with E-state index >= 15 is 0 Å². The van der Waals surface area contributed by atoms with Crippen molar-refractivity contribution in [2.24, 2.45) is 5.92 Å². The number of aromatic nitrogens is 1. The van der Waals surface area contributed by atoms with Crippen LogP contribution in [0.1, 0.15) is 61.2 Å². The first-order chi connectivity index (χ1) is 18.0. The molecule has 3 aromatic rings. The number of benzene rings is 2. The second kappa shape index (κ2) is 12.7. The summed E-state index contributed by atoms with van der Waals surface area (Å²) in [6.07, 6.45) is 2.52. The Kier molecular flexibility index (Phi) is 9.71. The number of ether oxygens (including phenoxy) is 2. The molecule has 1 amide bonds. The number of thiazole rings is 1. The van der Waals surface area contributed by atoms with Crippen LogP contribution in [0.2, 0.25) is 0 Å². The van der Waals surface area contributed by atoms with Crippen molar-refractivity contribution in [3.8, 4) is 17.0 Å². The van der Waals surface area contributed by atoms with Crippen molar-refractivity contribution in [1.29, 1.82) is 0 Å². The standard InChI is InChI=1S/C28H30F2N2O5S/c1-15(2)9-10-24(36-4)19-8-6-7-18(25(19)37-5)23-14-38-28(31-23)32-26(33)17-12-21(29)20(22(30)13-17)11-16(3)27(34)35/h6-8,11-15,24H,9-10H2,1-5H3,(H,34,35)(H,31,32,33)/b16-11+. The summed E-state index contributed by atoms with van der Waals surface area (Å²) in [5.74, 6) is -3.03. The number of methoxy groups -OCH3 is 2. The molecule has 7 nitrogen and oxygen atoms in total. The Morgan fingerprint density at radius 2 is 1.84 bits per heavy atom. The maximum Gasteiger partial charge on any atom is 0.331 e. The maximum absolute atomic E-state index is 14.5. The van der Waals surface area contributed by atoms with E-state index in [0.29, 0.717) is 17.4 Å². The predicted octanol–water partition coefficient (Wildman–Crippen LogP) is 6.96. The van der Waals surface area contributed by atoms with Gasteiger partial charge >= 0.3 is 5.97 Å². The lowest BCUT2D eigenvalue weighted by Gasteiger charge is -2.21. The molecule has 2 aromatic carbocycles. The van der Waals surface area contributed by atoms with Gasteiger partial charge in [-0.1, -0.05) is 26.0 Å². The van der Waals surface area contributed by atoms with Gasteiger partial charge in [-0.05, 0) is 50.0 Å². The molecule has 1 heterocycles. The second-order valence-electron chi connectivity index (χ2n) is 9.10. The molecule has 0 saturated carbocycles. The number of carboxylic acids is 1. The van der Waals surface area contributed by atoms with Crippen LogP contribution in [0.4, 0.5) is 13.9 Å². The number of carbonyl (C=O) groups excluding carboxylic acids is 1. The lowest BCUT2D eigenvalue weighted by molar-refractivity contribution is -0.132. The van der Waals surface area contributed by atoms with E-state index in [2.05, 4.69) is 24.1 Å². The second-order valence-corrected chi connectivity index (χ2v) is 9.96. The predicted molar refractivity (Wildman–Crippen MR) is 144 cm³/mol. The smallest absolute Gasteiger partial charge is 0.331 e. The van der Waals surface area contributed by atoms with Gasteiger partial charge in [0.05, 0.1) is 18.9 Å². The Bertz CT molecular complexity index is 1330. The third kappa shape index (κ3) is 6.81. The van der Waals surface area contributed by atoms with Crippen LogP contribution in [0.25, 0.3) is 17.3 Å². The Hall–Kier alpha value is -3.63. The van der Waals surface area contributed by atoms with Crippen molar-refractivity contribution in [3.63, 3.8) is 0 Å². The lowest BCUT2D eigenvalue weighted by atomic mass is 9.96. The summed E-state index contributed by atoms with van der Waals surface area (Å²) in [6, 6.07) is 7.39. The van der Waals surface area contributed by atoms with E-state index in [1.807, 2.05) is 18.2 Å². The van der Waals surface area contributed by atoms with E-state index in [4.69, 9.17) is 14.6 Å². The minimum atomic E-state index is -1.30. The number of nitrogens with one attached hydrogen (secondary N) is 1. The van der Waals surface area contributed by atoms with E-state index in [1.165, 1.54) is 6.92 Å². The minimum absolute atomic E-state index is 0.160. The maximum atomic E-state index is 14.5. The number of carbonyl (C=O) groups is 2. The van der Waals surface area contributed by atoms with E-state index in [-0.39, 0.29) is 22.4 Å². The summed E-state index contributed by atoms with van der Waals surface area (Å²) in [4.78, 5) is 28.2. The zero-order valence-electron chi connectivity index (χ0n) is 21.8. The summed E-state index contributed by atoms with van der Waals surface area (Å²) < 4.78 is 40.4. The Morgan fingerprint density at radius 3 is 2.42 bits per heavy atom. The molecule has 1 atom stereocenters. The third-order valence-corrected chi connectivity index (χ3v) is 6.68. The van der Waals surface area contributed by atoms with Gasteiger partial charge in [-0.25, -0.2) is 18.6 Å². The van der Waals surface area contributed by atoms with Crippen LogP contribution >= 0.6 is 11.3 Å². The molecule has 0 aliphatic carbocycles. The number of nitrogens with zero attached hydrogens (tertiary/aromatic N) is 1. The fraction of sp³-hybridized carbons (Fsp3) is 0.321. The molecular weight excluding hydrogens is 514 g/mol. The van der Waals surface area contributed by atoms with Crippen molar-refractivity contribution >= 4 is 34.4 Å². The first-order valence-electron chi connectivity index (χ1n) is 11.9. The molecule has 1 unspecified atom stereocenters. The Balaban J connectivity index is 1.85. The van der Waals surface area contributed by atoms with Crippen molar-refractivity contribution in [2.75, 3.05) is 19.5 Å². The fourth-order valence-electron chi connectivity index (χ4n) is 3.88. The molecule has 0 radical (unpaired) electrons. The molecule has 0 aliphatic heterocycles. The van der Waals surface area contributed by atoms with Crippen molar-refractivity contribution in [3.05, 3.63) is 69.6 Å².